The number of nitrogens with zero attached hydrogens (tertiary/aromatic N) is 1. The van der Waals surface area contributed by atoms with Gasteiger partial charge in [0.2, 0.25) is 5.91 Å². The Morgan fingerprint density at radius 3 is 2.61 bits per heavy atom. The number of carbonyl (C=O) groups is 1. The molecule has 0 saturated carbocycles. The SMILES string of the molecule is CN(C)CCOCCNC(=O)C1(C)CCNCC1. The van der Waals surface area contributed by atoms with Gasteiger partial charge < -0.3 is 20.3 Å². The van der Waals surface area contributed by atoms with Crippen LogP contribution in [0.4, 0.5) is 0 Å². The number of nitrogens with one attached hydrogen (secondary N) is 2. The first-order valence-electron chi connectivity index (χ1n) is 6.76. The number of rotatable bonds is 7. The minimum atomic E-state index is -0.200. The molecular formula is C13H27N3O2. The lowest BCUT2D eigenvalue weighted by Crippen LogP contribution is -2.46. The molecule has 0 aliphatic carbocycles. The smallest absolute Gasteiger partial charge is 0.226 e. The van der Waals surface area contributed by atoms with Gasteiger partial charge in [-0.1, -0.05) is 6.92 Å². The molecule has 1 aliphatic rings. The Kier molecular flexibility index (Phi) is 6.60. The average Bonchev–Trinajstić information content (AvgIpc) is 2.34. The second-order valence-corrected chi connectivity index (χ2v) is 5.48. The molecule has 0 unspecified atom stereocenters. The lowest BCUT2D eigenvalue weighted by Gasteiger charge is -2.32. The van der Waals surface area contributed by atoms with Crippen LogP contribution in [0.25, 0.3) is 0 Å². The van der Waals surface area contributed by atoms with Crippen molar-refractivity contribution in [3.05, 3.63) is 0 Å². The van der Waals surface area contributed by atoms with Crippen molar-refractivity contribution in [2.75, 3.05) is 53.5 Å². The van der Waals surface area contributed by atoms with E-state index in [4.69, 9.17) is 4.74 Å². The van der Waals surface area contributed by atoms with Crippen molar-refractivity contribution in [2.45, 2.75) is 19.8 Å². The number of piperidine rings is 1. The minimum Gasteiger partial charge on any atom is -0.378 e. The van der Waals surface area contributed by atoms with E-state index < -0.39 is 0 Å². The molecule has 5 nitrogen and oxygen atoms in total. The fraction of sp³-hybridized carbons (Fsp3) is 0.923. The summed E-state index contributed by atoms with van der Waals surface area (Å²) >= 11 is 0. The van der Waals surface area contributed by atoms with Crippen molar-refractivity contribution in [3.63, 3.8) is 0 Å². The topological polar surface area (TPSA) is 53.6 Å². The van der Waals surface area contributed by atoms with E-state index in [-0.39, 0.29) is 11.3 Å². The highest BCUT2D eigenvalue weighted by Gasteiger charge is 2.33. The summed E-state index contributed by atoms with van der Waals surface area (Å²) in [7, 11) is 4.03. The van der Waals surface area contributed by atoms with E-state index in [9.17, 15) is 4.79 Å². The Hall–Kier alpha value is -0.650. The molecule has 18 heavy (non-hydrogen) atoms. The molecule has 1 heterocycles. The first-order valence-corrected chi connectivity index (χ1v) is 6.76. The summed E-state index contributed by atoms with van der Waals surface area (Å²) in [5.74, 6) is 0.167. The number of carbonyl (C=O) groups excluding carboxylic acids is 1. The fourth-order valence-corrected chi connectivity index (χ4v) is 2.00. The Morgan fingerprint density at radius 1 is 1.33 bits per heavy atom. The van der Waals surface area contributed by atoms with Crippen LogP contribution in [-0.2, 0) is 9.53 Å². The maximum Gasteiger partial charge on any atom is 0.226 e. The van der Waals surface area contributed by atoms with E-state index in [0.29, 0.717) is 19.8 Å². The highest BCUT2D eigenvalue weighted by molar-refractivity contribution is 5.82. The summed E-state index contributed by atoms with van der Waals surface area (Å²) in [5, 5.41) is 6.26. The van der Waals surface area contributed by atoms with Crippen molar-refractivity contribution in [3.8, 4) is 0 Å². The predicted octanol–water partition coefficient (Wildman–Crippen LogP) is 0.0705. The summed E-state index contributed by atoms with van der Waals surface area (Å²) < 4.78 is 5.45. The Balaban J connectivity index is 2.09. The van der Waals surface area contributed by atoms with E-state index in [0.717, 1.165) is 32.5 Å². The summed E-state index contributed by atoms with van der Waals surface area (Å²) in [6.45, 7) is 6.74. The third kappa shape index (κ3) is 5.33. The third-order valence-electron chi connectivity index (χ3n) is 3.47. The first-order chi connectivity index (χ1) is 8.54. The summed E-state index contributed by atoms with van der Waals surface area (Å²) in [6.07, 6.45) is 1.83. The van der Waals surface area contributed by atoms with E-state index >= 15 is 0 Å². The molecule has 0 aromatic carbocycles. The molecule has 0 atom stereocenters. The standard InChI is InChI=1S/C13H27N3O2/c1-13(4-6-14-7-5-13)12(17)15-8-10-18-11-9-16(2)3/h14H,4-11H2,1-3H3,(H,15,17). The van der Waals surface area contributed by atoms with Crippen LogP contribution >= 0.6 is 0 Å². The fourth-order valence-electron chi connectivity index (χ4n) is 2.00. The van der Waals surface area contributed by atoms with Gasteiger partial charge in [-0.2, -0.15) is 0 Å². The highest BCUT2D eigenvalue weighted by Crippen LogP contribution is 2.27. The Morgan fingerprint density at radius 2 is 2.00 bits per heavy atom. The van der Waals surface area contributed by atoms with E-state index in [1.165, 1.54) is 0 Å². The zero-order valence-corrected chi connectivity index (χ0v) is 11.9. The Bertz CT molecular complexity index is 251. The molecule has 0 aromatic heterocycles. The molecule has 1 amide bonds. The van der Waals surface area contributed by atoms with Gasteiger partial charge in [0.15, 0.2) is 0 Å². The molecule has 0 aromatic rings. The van der Waals surface area contributed by atoms with Gasteiger partial charge in [-0.25, -0.2) is 0 Å². The zero-order valence-electron chi connectivity index (χ0n) is 11.9. The quantitative estimate of drug-likeness (QED) is 0.634. The zero-order chi connectivity index (χ0) is 13.4. The number of ether oxygens (including phenoxy) is 1. The van der Waals surface area contributed by atoms with Crippen molar-refractivity contribution in [1.29, 1.82) is 0 Å². The second-order valence-electron chi connectivity index (χ2n) is 5.48. The second kappa shape index (κ2) is 7.71. The van der Waals surface area contributed by atoms with Gasteiger partial charge in [-0.05, 0) is 40.0 Å². The number of amides is 1. The van der Waals surface area contributed by atoms with E-state index in [2.05, 4.69) is 22.5 Å². The summed E-state index contributed by atoms with van der Waals surface area (Å²) in [4.78, 5) is 14.1. The van der Waals surface area contributed by atoms with Gasteiger partial charge >= 0.3 is 0 Å². The molecule has 0 radical (unpaired) electrons. The molecule has 1 aliphatic heterocycles. The maximum absolute atomic E-state index is 12.1. The molecule has 106 valence electrons. The van der Waals surface area contributed by atoms with Gasteiger partial charge in [0, 0.05) is 18.5 Å². The molecule has 1 saturated heterocycles. The van der Waals surface area contributed by atoms with Gasteiger partial charge in [0.1, 0.15) is 0 Å². The minimum absolute atomic E-state index is 0.167. The molecule has 2 N–H and O–H groups in total. The lowest BCUT2D eigenvalue weighted by molar-refractivity contribution is -0.131. The molecule has 1 fully saturated rings. The molecule has 0 spiro atoms. The van der Waals surface area contributed by atoms with Gasteiger partial charge in [-0.3, -0.25) is 4.79 Å². The lowest BCUT2D eigenvalue weighted by atomic mass is 9.80. The van der Waals surface area contributed by atoms with Crippen molar-refractivity contribution in [2.24, 2.45) is 5.41 Å². The van der Waals surface area contributed by atoms with Crippen LogP contribution in [0.3, 0.4) is 0 Å². The highest BCUT2D eigenvalue weighted by atomic mass is 16.5. The van der Waals surface area contributed by atoms with Crippen LogP contribution in [0.1, 0.15) is 19.8 Å². The van der Waals surface area contributed by atoms with Crippen molar-refractivity contribution >= 4 is 5.91 Å². The number of hydrogen-bond acceptors (Lipinski definition) is 4. The van der Waals surface area contributed by atoms with Gasteiger partial charge in [0.25, 0.3) is 0 Å². The Labute approximate surface area is 110 Å². The largest absolute Gasteiger partial charge is 0.378 e. The molecule has 5 heteroatoms. The first kappa shape index (κ1) is 15.4. The number of hydrogen-bond donors (Lipinski definition) is 2. The average molecular weight is 257 g/mol. The van der Waals surface area contributed by atoms with Gasteiger partial charge in [-0.15, -0.1) is 0 Å². The maximum atomic E-state index is 12.1. The van der Waals surface area contributed by atoms with Crippen LogP contribution in [0.15, 0.2) is 0 Å². The van der Waals surface area contributed by atoms with Crippen LogP contribution in [0, 0.1) is 5.41 Å². The molecule has 0 bridgehead atoms. The van der Waals surface area contributed by atoms with Crippen LogP contribution < -0.4 is 10.6 Å². The molecule has 1 rings (SSSR count). The van der Waals surface area contributed by atoms with E-state index in [1.54, 1.807) is 0 Å². The predicted molar refractivity (Wildman–Crippen MR) is 72.6 cm³/mol. The van der Waals surface area contributed by atoms with Crippen LogP contribution in [0.2, 0.25) is 0 Å². The third-order valence-corrected chi connectivity index (χ3v) is 3.47. The number of likely N-dealkylation sites (N-methyl/N-ethyl adjacent to an activating group) is 1. The normalized spacial score (nSPS) is 18.9. The van der Waals surface area contributed by atoms with Crippen LogP contribution in [0.5, 0.6) is 0 Å². The van der Waals surface area contributed by atoms with Gasteiger partial charge in [0.05, 0.1) is 13.2 Å². The molecular weight excluding hydrogens is 230 g/mol. The van der Waals surface area contributed by atoms with Crippen molar-refractivity contribution in [1.82, 2.24) is 15.5 Å². The van der Waals surface area contributed by atoms with Crippen molar-refractivity contribution < 1.29 is 9.53 Å². The van der Waals surface area contributed by atoms with Crippen LogP contribution in [-0.4, -0.2) is 64.3 Å². The van der Waals surface area contributed by atoms with E-state index in [1.807, 2.05) is 14.1 Å². The summed E-state index contributed by atoms with van der Waals surface area (Å²) in [6, 6.07) is 0. The summed E-state index contributed by atoms with van der Waals surface area (Å²) in [5.41, 5.74) is -0.200. The monoisotopic (exact) mass is 257 g/mol.